The van der Waals surface area contributed by atoms with Crippen molar-refractivity contribution < 1.29 is 18.0 Å². The van der Waals surface area contributed by atoms with Gasteiger partial charge in [0.2, 0.25) is 11.9 Å². The van der Waals surface area contributed by atoms with E-state index in [0.29, 0.717) is 12.7 Å². The Hall–Kier alpha value is -3.69. The van der Waals surface area contributed by atoms with E-state index in [2.05, 4.69) is 25.6 Å². The van der Waals surface area contributed by atoms with Crippen LogP contribution in [0.3, 0.4) is 0 Å². The number of carbonyl (C=O) groups is 1. The molecule has 1 amide bonds. The molecule has 2 aromatic heterocycles. The van der Waals surface area contributed by atoms with E-state index in [1.54, 1.807) is 6.20 Å². The smallest absolute Gasteiger partial charge is 0.368 e. The van der Waals surface area contributed by atoms with E-state index in [1.807, 2.05) is 42.5 Å². The average molecular weight is 470 g/mol. The van der Waals surface area contributed by atoms with Gasteiger partial charge in [-0.3, -0.25) is 9.78 Å². The highest BCUT2D eigenvalue weighted by Crippen LogP contribution is 2.36. The van der Waals surface area contributed by atoms with E-state index in [1.165, 1.54) is 0 Å². The Morgan fingerprint density at radius 1 is 1.09 bits per heavy atom. The van der Waals surface area contributed by atoms with Crippen LogP contribution in [0.25, 0.3) is 11.3 Å². The number of benzene rings is 1. The first-order valence-corrected chi connectivity index (χ1v) is 11.1. The molecule has 1 aliphatic carbocycles. The minimum absolute atomic E-state index is 0.0129. The molecule has 7 nitrogen and oxygen atoms in total. The molecule has 0 aliphatic heterocycles. The van der Waals surface area contributed by atoms with Gasteiger partial charge in [-0.1, -0.05) is 43.2 Å². The SMILES string of the molecule is NC(=O)[C@H](Nc1nc(NCc2ccc(-c3ccccn3)cc2)ncc1C(F)(F)F)C1CCCC1. The van der Waals surface area contributed by atoms with E-state index < -0.39 is 29.5 Å². The van der Waals surface area contributed by atoms with Gasteiger partial charge in [-0.2, -0.15) is 18.2 Å². The van der Waals surface area contributed by atoms with Gasteiger partial charge in [-0.05, 0) is 36.5 Å². The summed E-state index contributed by atoms with van der Waals surface area (Å²) in [7, 11) is 0. The molecule has 1 fully saturated rings. The minimum atomic E-state index is -4.68. The van der Waals surface area contributed by atoms with Crippen molar-refractivity contribution in [1.29, 1.82) is 0 Å². The van der Waals surface area contributed by atoms with Crippen LogP contribution in [0, 0.1) is 5.92 Å². The van der Waals surface area contributed by atoms with E-state index in [-0.39, 0.29) is 11.9 Å². The number of alkyl halides is 3. The molecule has 1 aromatic carbocycles. The van der Waals surface area contributed by atoms with Gasteiger partial charge in [0, 0.05) is 24.5 Å². The van der Waals surface area contributed by atoms with Gasteiger partial charge in [0.15, 0.2) is 0 Å². The second-order valence-electron chi connectivity index (χ2n) is 8.29. The van der Waals surface area contributed by atoms with Crippen LogP contribution in [0.2, 0.25) is 0 Å². The monoisotopic (exact) mass is 470 g/mol. The molecule has 1 saturated carbocycles. The Morgan fingerprint density at radius 3 is 2.44 bits per heavy atom. The third-order valence-electron chi connectivity index (χ3n) is 5.93. The number of hydrogen-bond acceptors (Lipinski definition) is 6. The Labute approximate surface area is 195 Å². The van der Waals surface area contributed by atoms with Crippen molar-refractivity contribution in [1.82, 2.24) is 15.0 Å². The van der Waals surface area contributed by atoms with E-state index in [9.17, 15) is 18.0 Å². The van der Waals surface area contributed by atoms with E-state index in [4.69, 9.17) is 5.73 Å². The van der Waals surface area contributed by atoms with E-state index >= 15 is 0 Å². The van der Waals surface area contributed by atoms with Gasteiger partial charge >= 0.3 is 6.18 Å². The normalized spacial score (nSPS) is 15.1. The van der Waals surface area contributed by atoms with Crippen LogP contribution in [0.5, 0.6) is 0 Å². The summed E-state index contributed by atoms with van der Waals surface area (Å²) in [5.74, 6) is -1.26. The van der Waals surface area contributed by atoms with Crippen LogP contribution in [0.15, 0.2) is 54.9 Å². The quantitative estimate of drug-likeness (QED) is 0.443. The van der Waals surface area contributed by atoms with Crippen molar-refractivity contribution in [2.75, 3.05) is 10.6 Å². The molecular weight excluding hydrogens is 445 g/mol. The fraction of sp³-hybridized carbons (Fsp3) is 0.333. The van der Waals surface area contributed by atoms with Gasteiger partial charge < -0.3 is 16.4 Å². The highest BCUT2D eigenvalue weighted by atomic mass is 19.4. The van der Waals surface area contributed by atoms with Gasteiger partial charge in [0.05, 0.1) is 5.69 Å². The predicted molar refractivity (Wildman–Crippen MR) is 123 cm³/mol. The first-order valence-electron chi connectivity index (χ1n) is 11.1. The van der Waals surface area contributed by atoms with Crippen LogP contribution < -0.4 is 16.4 Å². The summed E-state index contributed by atoms with van der Waals surface area (Å²) in [6.07, 6.45) is 1.04. The largest absolute Gasteiger partial charge is 0.421 e. The average Bonchev–Trinajstić information content (AvgIpc) is 3.36. The lowest BCUT2D eigenvalue weighted by Crippen LogP contribution is -2.41. The molecule has 1 atom stereocenters. The summed E-state index contributed by atoms with van der Waals surface area (Å²) in [5, 5.41) is 5.62. The van der Waals surface area contributed by atoms with Crippen molar-refractivity contribution in [3.05, 3.63) is 66.0 Å². The van der Waals surface area contributed by atoms with Crippen LogP contribution in [-0.2, 0) is 17.5 Å². The van der Waals surface area contributed by atoms with Gasteiger partial charge in [0.1, 0.15) is 17.4 Å². The second-order valence-corrected chi connectivity index (χ2v) is 8.29. The third kappa shape index (κ3) is 5.62. The Balaban J connectivity index is 1.50. The molecule has 34 heavy (non-hydrogen) atoms. The molecule has 0 bridgehead atoms. The van der Waals surface area contributed by atoms with Gasteiger partial charge in [-0.15, -0.1) is 0 Å². The number of carbonyl (C=O) groups excluding carboxylic acids is 1. The molecule has 4 N–H and O–H groups in total. The fourth-order valence-electron chi connectivity index (χ4n) is 4.15. The number of pyridine rings is 1. The molecule has 0 unspecified atom stereocenters. The number of nitrogens with zero attached hydrogens (tertiary/aromatic N) is 3. The lowest BCUT2D eigenvalue weighted by Gasteiger charge is -2.24. The first-order chi connectivity index (χ1) is 16.3. The van der Waals surface area contributed by atoms with Crippen molar-refractivity contribution >= 4 is 17.7 Å². The summed E-state index contributed by atoms with van der Waals surface area (Å²) in [6.45, 7) is 0.301. The zero-order valence-electron chi connectivity index (χ0n) is 18.3. The summed E-state index contributed by atoms with van der Waals surface area (Å²) >= 11 is 0. The van der Waals surface area contributed by atoms with Crippen molar-refractivity contribution in [3.63, 3.8) is 0 Å². The minimum Gasteiger partial charge on any atom is -0.368 e. The van der Waals surface area contributed by atoms with Crippen LogP contribution in [-0.4, -0.2) is 26.9 Å². The number of aromatic nitrogens is 3. The summed E-state index contributed by atoms with van der Waals surface area (Å²) in [5.41, 5.74) is 7.14. The summed E-state index contributed by atoms with van der Waals surface area (Å²) in [6, 6.07) is 12.3. The molecule has 0 saturated heterocycles. The molecule has 3 aromatic rings. The second kappa shape index (κ2) is 10.1. The number of rotatable bonds is 8. The highest BCUT2D eigenvalue weighted by Gasteiger charge is 2.37. The number of halogens is 3. The maximum absolute atomic E-state index is 13.6. The van der Waals surface area contributed by atoms with E-state index in [0.717, 1.165) is 42.5 Å². The Bertz CT molecular complexity index is 1120. The Kier molecular flexibility index (Phi) is 6.95. The van der Waals surface area contributed by atoms with Gasteiger partial charge in [0.25, 0.3) is 0 Å². The first kappa shape index (κ1) is 23.5. The maximum atomic E-state index is 13.6. The van der Waals surface area contributed by atoms with Crippen LogP contribution in [0.1, 0.15) is 36.8 Å². The fourth-order valence-corrected chi connectivity index (χ4v) is 4.15. The number of nitrogens with two attached hydrogens (primary N) is 1. The topological polar surface area (TPSA) is 106 Å². The molecule has 178 valence electrons. The molecular formula is C24H25F3N6O. The Morgan fingerprint density at radius 2 is 1.82 bits per heavy atom. The predicted octanol–water partition coefficient (Wildman–Crippen LogP) is 4.63. The molecule has 2 heterocycles. The molecule has 10 heteroatoms. The maximum Gasteiger partial charge on any atom is 0.421 e. The number of hydrogen-bond donors (Lipinski definition) is 3. The van der Waals surface area contributed by atoms with Crippen molar-refractivity contribution in [3.8, 4) is 11.3 Å². The number of nitrogens with one attached hydrogen (secondary N) is 2. The lowest BCUT2D eigenvalue weighted by molar-refractivity contribution is -0.137. The van der Waals surface area contributed by atoms with Gasteiger partial charge in [-0.25, -0.2) is 4.98 Å². The molecule has 1 aliphatic rings. The van der Waals surface area contributed by atoms with Crippen molar-refractivity contribution in [2.45, 2.75) is 44.4 Å². The summed E-state index contributed by atoms with van der Waals surface area (Å²) < 4.78 is 40.7. The molecule has 4 rings (SSSR count). The third-order valence-corrected chi connectivity index (χ3v) is 5.93. The lowest BCUT2D eigenvalue weighted by atomic mass is 9.97. The highest BCUT2D eigenvalue weighted by molar-refractivity contribution is 5.83. The standard InChI is InChI=1S/C24H25F3N6O/c25-24(26,27)18-14-31-23(33-22(18)32-20(21(28)34)17-5-1-2-6-17)30-13-15-8-10-16(11-9-15)19-7-3-4-12-29-19/h3-4,7-12,14,17,20H,1-2,5-6,13H2,(H2,28,34)(H2,30,31,32,33)/t20-/m1/s1. The molecule has 0 spiro atoms. The zero-order chi connectivity index (χ0) is 24.1. The number of primary amides is 1. The van der Waals surface area contributed by atoms with Crippen LogP contribution in [0.4, 0.5) is 24.9 Å². The van der Waals surface area contributed by atoms with Crippen LogP contribution >= 0.6 is 0 Å². The molecule has 0 radical (unpaired) electrons. The van der Waals surface area contributed by atoms with Crippen molar-refractivity contribution in [2.24, 2.45) is 11.7 Å². The number of anilines is 2. The summed E-state index contributed by atoms with van der Waals surface area (Å²) in [4.78, 5) is 24.2. The number of amides is 1. The zero-order valence-corrected chi connectivity index (χ0v) is 18.3.